The molecule has 1 aromatic heterocycles. The van der Waals surface area contributed by atoms with Gasteiger partial charge in [-0.05, 0) is 47.9 Å². The fourth-order valence-electron chi connectivity index (χ4n) is 3.46. The van der Waals surface area contributed by atoms with Crippen LogP contribution >= 0.6 is 0 Å². The third kappa shape index (κ3) is 4.60. The third-order valence-corrected chi connectivity index (χ3v) is 5.16. The number of nitrogens with zero attached hydrogens (tertiary/aromatic N) is 3. The maximum atomic E-state index is 12.7. The van der Waals surface area contributed by atoms with Crippen LogP contribution in [0.2, 0.25) is 0 Å². The molecule has 4 rings (SSSR count). The van der Waals surface area contributed by atoms with E-state index in [2.05, 4.69) is 16.5 Å². The van der Waals surface area contributed by atoms with E-state index in [4.69, 9.17) is 0 Å². The van der Waals surface area contributed by atoms with Gasteiger partial charge >= 0.3 is 6.18 Å². The Labute approximate surface area is 176 Å². The van der Waals surface area contributed by atoms with E-state index in [9.17, 15) is 22.8 Å². The zero-order chi connectivity index (χ0) is 22.0. The number of carbonyl (C=O) groups is 2. The standard InChI is InChI=1S/C22H19F3N4O2/c23-22(24,25)19-10-12-29(27-19)18-7-5-16(6-8-18)21(31)26-13-20(30)28-11-9-15-3-1-2-4-17(15)14-28/h1-8,10,12H,9,11,13-14H2,(H,26,31). The Morgan fingerprint density at radius 3 is 2.39 bits per heavy atom. The Kier molecular flexibility index (Phi) is 5.50. The number of hydrogen-bond acceptors (Lipinski definition) is 3. The lowest BCUT2D eigenvalue weighted by Gasteiger charge is -2.29. The van der Waals surface area contributed by atoms with Crippen LogP contribution in [0.25, 0.3) is 5.69 Å². The molecule has 0 bridgehead atoms. The molecule has 3 aromatic rings. The van der Waals surface area contributed by atoms with E-state index in [1.807, 2.05) is 18.2 Å². The van der Waals surface area contributed by atoms with E-state index < -0.39 is 17.8 Å². The molecule has 6 nitrogen and oxygen atoms in total. The van der Waals surface area contributed by atoms with Gasteiger partial charge in [0.05, 0.1) is 12.2 Å². The summed E-state index contributed by atoms with van der Waals surface area (Å²) < 4.78 is 39.1. The van der Waals surface area contributed by atoms with Crippen LogP contribution in [0, 0.1) is 0 Å². The van der Waals surface area contributed by atoms with Crippen molar-refractivity contribution < 1.29 is 22.8 Å². The highest BCUT2D eigenvalue weighted by Gasteiger charge is 2.33. The number of hydrogen-bond donors (Lipinski definition) is 1. The summed E-state index contributed by atoms with van der Waals surface area (Å²) in [5.74, 6) is -0.607. The molecule has 0 spiro atoms. The molecule has 0 saturated carbocycles. The van der Waals surface area contributed by atoms with Crippen LogP contribution in [0.4, 0.5) is 13.2 Å². The van der Waals surface area contributed by atoms with Gasteiger partial charge in [-0.1, -0.05) is 24.3 Å². The minimum atomic E-state index is -4.52. The molecule has 0 atom stereocenters. The van der Waals surface area contributed by atoms with Gasteiger partial charge in [-0.15, -0.1) is 0 Å². The van der Waals surface area contributed by atoms with Gasteiger partial charge in [0.2, 0.25) is 5.91 Å². The maximum Gasteiger partial charge on any atom is 0.435 e. The lowest BCUT2D eigenvalue weighted by atomic mass is 10.00. The summed E-state index contributed by atoms with van der Waals surface area (Å²) in [4.78, 5) is 26.5. The molecule has 31 heavy (non-hydrogen) atoms. The Balaban J connectivity index is 1.34. The van der Waals surface area contributed by atoms with Crippen molar-refractivity contribution in [2.75, 3.05) is 13.1 Å². The normalized spacial score (nSPS) is 13.6. The van der Waals surface area contributed by atoms with Gasteiger partial charge in [0.25, 0.3) is 5.91 Å². The highest BCUT2D eigenvalue weighted by molar-refractivity contribution is 5.96. The SMILES string of the molecule is O=C(NCC(=O)N1CCc2ccccc2C1)c1ccc(-n2ccc(C(F)(F)F)n2)cc1. The molecule has 2 aromatic carbocycles. The monoisotopic (exact) mass is 428 g/mol. The Hall–Kier alpha value is -3.62. The second-order valence-corrected chi connectivity index (χ2v) is 7.21. The number of fused-ring (bicyclic) bond motifs is 1. The number of benzene rings is 2. The molecular formula is C22H19F3N4O2. The second-order valence-electron chi connectivity index (χ2n) is 7.21. The van der Waals surface area contributed by atoms with Crippen molar-refractivity contribution in [2.45, 2.75) is 19.1 Å². The van der Waals surface area contributed by atoms with Gasteiger partial charge in [-0.3, -0.25) is 9.59 Å². The highest BCUT2D eigenvalue weighted by atomic mass is 19.4. The molecular weight excluding hydrogens is 409 g/mol. The number of rotatable bonds is 4. The Morgan fingerprint density at radius 2 is 1.71 bits per heavy atom. The third-order valence-electron chi connectivity index (χ3n) is 5.16. The smallest absolute Gasteiger partial charge is 0.343 e. The predicted octanol–water partition coefficient (Wildman–Crippen LogP) is 3.21. The molecule has 1 aliphatic rings. The van der Waals surface area contributed by atoms with Crippen LogP contribution in [0.5, 0.6) is 0 Å². The molecule has 2 heterocycles. The van der Waals surface area contributed by atoms with Crippen LogP contribution in [-0.4, -0.2) is 39.6 Å². The van der Waals surface area contributed by atoms with Crippen LogP contribution < -0.4 is 5.32 Å². The van der Waals surface area contributed by atoms with E-state index in [1.54, 1.807) is 4.90 Å². The first-order valence-electron chi connectivity index (χ1n) is 9.67. The number of nitrogens with one attached hydrogen (secondary N) is 1. The average Bonchev–Trinajstić information content (AvgIpc) is 3.28. The van der Waals surface area contributed by atoms with Gasteiger partial charge in [-0.2, -0.15) is 18.3 Å². The number of carbonyl (C=O) groups excluding carboxylic acids is 2. The number of halogens is 3. The first-order chi connectivity index (χ1) is 14.8. The molecule has 160 valence electrons. The second kappa shape index (κ2) is 8.25. The molecule has 0 aliphatic carbocycles. The summed E-state index contributed by atoms with van der Waals surface area (Å²) in [7, 11) is 0. The summed E-state index contributed by atoms with van der Waals surface area (Å²) in [6.45, 7) is 0.990. The molecule has 1 N–H and O–H groups in total. The lowest BCUT2D eigenvalue weighted by molar-refractivity contribution is -0.141. The van der Waals surface area contributed by atoms with Crippen LogP contribution in [-0.2, 0) is 23.9 Å². The first kappa shape index (κ1) is 20.6. The minimum Gasteiger partial charge on any atom is -0.343 e. The minimum absolute atomic E-state index is 0.128. The molecule has 0 unspecified atom stereocenters. The summed E-state index contributed by atoms with van der Waals surface area (Å²) in [6.07, 6.45) is -2.54. The fraction of sp³-hybridized carbons (Fsp3) is 0.227. The van der Waals surface area contributed by atoms with Gasteiger partial charge in [-0.25, -0.2) is 4.68 Å². The quantitative estimate of drug-likeness (QED) is 0.694. The summed E-state index contributed by atoms with van der Waals surface area (Å²) in [5.41, 5.74) is 2.03. The summed E-state index contributed by atoms with van der Waals surface area (Å²) >= 11 is 0. The Bertz CT molecular complexity index is 1110. The van der Waals surface area contributed by atoms with Crippen molar-refractivity contribution >= 4 is 11.8 Å². The largest absolute Gasteiger partial charge is 0.435 e. The molecule has 0 saturated heterocycles. The van der Waals surface area contributed by atoms with Gasteiger partial charge in [0, 0.05) is 24.8 Å². The van der Waals surface area contributed by atoms with E-state index in [0.29, 0.717) is 24.3 Å². The molecule has 9 heteroatoms. The van der Waals surface area contributed by atoms with Crippen LogP contribution in [0.3, 0.4) is 0 Å². The van der Waals surface area contributed by atoms with Crippen LogP contribution in [0.1, 0.15) is 27.2 Å². The fourth-order valence-corrected chi connectivity index (χ4v) is 3.46. The van der Waals surface area contributed by atoms with Crippen molar-refractivity contribution in [2.24, 2.45) is 0 Å². The average molecular weight is 428 g/mol. The first-order valence-corrected chi connectivity index (χ1v) is 9.67. The molecule has 0 fully saturated rings. The Morgan fingerprint density at radius 1 is 1.00 bits per heavy atom. The van der Waals surface area contributed by atoms with Gasteiger partial charge in [0.1, 0.15) is 0 Å². The summed E-state index contributed by atoms with van der Waals surface area (Å²) in [6, 6.07) is 14.8. The number of amides is 2. The van der Waals surface area contributed by atoms with E-state index in [-0.39, 0.29) is 12.5 Å². The maximum absolute atomic E-state index is 12.7. The van der Waals surface area contributed by atoms with Crippen molar-refractivity contribution in [1.29, 1.82) is 0 Å². The van der Waals surface area contributed by atoms with Gasteiger partial charge < -0.3 is 10.2 Å². The highest BCUT2D eigenvalue weighted by Crippen LogP contribution is 2.27. The van der Waals surface area contributed by atoms with E-state index in [0.717, 1.165) is 22.7 Å². The summed E-state index contributed by atoms with van der Waals surface area (Å²) in [5, 5.41) is 6.10. The molecule has 0 radical (unpaired) electrons. The predicted molar refractivity (Wildman–Crippen MR) is 106 cm³/mol. The number of alkyl halides is 3. The van der Waals surface area contributed by atoms with Crippen LogP contribution in [0.15, 0.2) is 60.8 Å². The molecule has 1 aliphatic heterocycles. The lowest BCUT2D eigenvalue weighted by Crippen LogP contribution is -2.42. The van der Waals surface area contributed by atoms with E-state index >= 15 is 0 Å². The van der Waals surface area contributed by atoms with Gasteiger partial charge in [0.15, 0.2) is 5.69 Å². The topological polar surface area (TPSA) is 67.2 Å². The van der Waals surface area contributed by atoms with Crippen molar-refractivity contribution in [3.05, 3.63) is 83.2 Å². The van der Waals surface area contributed by atoms with E-state index in [1.165, 1.54) is 36.0 Å². The molecule has 2 amide bonds. The zero-order valence-corrected chi connectivity index (χ0v) is 16.4. The number of aromatic nitrogens is 2. The van der Waals surface area contributed by atoms with Crippen molar-refractivity contribution in [3.63, 3.8) is 0 Å². The van der Waals surface area contributed by atoms with Crippen molar-refractivity contribution in [3.8, 4) is 5.69 Å². The van der Waals surface area contributed by atoms with Crippen molar-refractivity contribution in [1.82, 2.24) is 20.0 Å². The zero-order valence-electron chi connectivity index (χ0n) is 16.4.